The highest BCUT2D eigenvalue weighted by Crippen LogP contribution is 2.16. The van der Waals surface area contributed by atoms with Crippen LogP contribution in [0.25, 0.3) is 0 Å². The number of aliphatic hydroxyl groups excluding tert-OH is 1. The Morgan fingerprint density at radius 1 is 1.37 bits per heavy atom. The molecule has 1 heterocycles. The molecule has 3 N–H and O–H groups in total. The number of carbonyl (C=O) groups excluding carboxylic acids is 1. The number of hydrogen-bond donors (Lipinski definition) is 3. The number of nitrogens with one attached hydrogen (secondary N) is 2. The molecule has 1 atom stereocenters. The van der Waals surface area contributed by atoms with Crippen molar-refractivity contribution < 1.29 is 9.90 Å². The molecule has 0 aromatic carbocycles. The van der Waals surface area contributed by atoms with Crippen LogP contribution in [0.4, 0.5) is 4.79 Å². The van der Waals surface area contributed by atoms with Gasteiger partial charge in [0, 0.05) is 9.75 Å². The molecule has 108 valence electrons. The molecular formula is C14H24N2O2S. The lowest BCUT2D eigenvalue weighted by atomic mass is 9.98. The van der Waals surface area contributed by atoms with Crippen LogP contribution < -0.4 is 10.6 Å². The quantitative estimate of drug-likeness (QED) is 0.721. The predicted octanol–water partition coefficient (Wildman–Crippen LogP) is 2.66. The second-order valence-corrected chi connectivity index (χ2v) is 6.25. The molecule has 0 saturated carbocycles. The van der Waals surface area contributed by atoms with Crippen LogP contribution >= 0.6 is 11.3 Å². The van der Waals surface area contributed by atoms with E-state index in [0.717, 1.165) is 24.1 Å². The average molecular weight is 284 g/mol. The number of thiophene rings is 1. The molecule has 19 heavy (non-hydrogen) atoms. The maximum atomic E-state index is 11.8. The monoisotopic (exact) mass is 284 g/mol. The van der Waals surface area contributed by atoms with E-state index >= 15 is 0 Å². The minimum absolute atomic E-state index is 0.0484. The molecule has 0 fully saturated rings. The zero-order valence-corrected chi connectivity index (χ0v) is 12.8. The zero-order chi connectivity index (χ0) is 14.3. The van der Waals surface area contributed by atoms with E-state index in [1.165, 1.54) is 4.88 Å². The van der Waals surface area contributed by atoms with Crippen molar-refractivity contribution in [2.75, 3.05) is 6.61 Å². The van der Waals surface area contributed by atoms with Gasteiger partial charge in [-0.05, 0) is 31.9 Å². The van der Waals surface area contributed by atoms with Crippen molar-refractivity contribution in [1.29, 1.82) is 0 Å². The van der Waals surface area contributed by atoms with Crippen molar-refractivity contribution in [2.45, 2.75) is 52.1 Å². The third kappa shape index (κ3) is 5.20. The highest BCUT2D eigenvalue weighted by molar-refractivity contribution is 7.11. The molecule has 5 heteroatoms. The number of aliphatic hydroxyl groups is 1. The van der Waals surface area contributed by atoms with Crippen LogP contribution in [-0.2, 0) is 13.0 Å². The Balaban J connectivity index is 2.42. The van der Waals surface area contributed by atoms with Gasteiger partial charge < -0.3 is 15.7 Å². The number of rotatable bonds is 7. The SMILES string of the molecule is CCCC(C)(CO)NC(=O)NCc1ccc(CC)s1. The summed E-state index contributed by atoms with van der Waals surface area (Å²) in [5, 5.41) is 15.0. The van der Waals surface area contributed by atoms with E-state index in [1.807, 2.05) is 19.9 Å². The average Bonchev–Trinajstić information content (AvgIpc) is 2.84. The van der Waals surface area contributed by atoms with E-state index in [4.69, 9.17) is 0 Å². The molecule has 1 unspecified atom stereocenters. The first-order valence-corrected chi connectivity index (χ1v) is 7.59. The van der Waals surface area contributed by atoms with Gasteiger partial charge in [-0.1, -0.05) is 20.3 Å². The van der Waals surface area contributed by atoms with Crippen molar-refractivity contribution in [3.05, 3.63) is 21.9 Å². The second-order valence-electron chi connectivity index (χ2n) is 5.00. The van der Waals surface area contributed by atoms with Crippen molar-refractivity contribution in [3.8, 4) is 0 Å². The minimum Gasteiger partial charge on any atom is -0.394 e. The van der Waals surface area contributed by atoms with Gasteiger partial charge in [-0.3, -0.25) is 0 Å². The Morgan fingerprint density at radius 2 is 2.05 bits per heavy atom. The molecule has 0 aliphatic heterocycles. The number of aryl methyl sites for hydroxylation is 1. The summed E-state index contributed by atoms with van der Waals surface area (Å²) in [4.78, 5) is 14.3. The highest BCUT2D eigenvalue weighted by atomic mass is 32.1. The summed E-state index contributed by atoms with van der Waals surface area (Å²) in [5.41, 5.74) is -0.539. The van der Waals surface area contributed by atoms with Crippen LogP contribution in [-0.4, -0.2) is 23.3 Å². The maximum absolute atomic E-state index is 11.8. The minimum atomic E-state index is -0.539. The maximum Gasteiger partial charge on any atom is 0.315 e. The van der Waals surface area contributed by atoms with Gasteiger partial charge in [-0.25, -0.2) is 4.79 Å². The molecule has 1 aromatic rings. The van der Waals surface area contributed by atoms with Gasteiger partial charge in [0.2, 0.25) is 0 Å². The standard InChI is InChI=1S/C14H24N2O2S/c1-4-8-14(3,10-17)16-13(18)15-9-12-7-6-11(5-2)19-12/h6-7,17H,4-5,8-10H2,1-3H3,(H2,15,16,18). The fraction of sp³-hybridized carbons (Fsp3) is 0.643. The van der Waals surface area contributed by atoms with Crippen molar-refractivity contribution in [3.63, 3.8) is 0 Å². The molecule has 0 radical (unpaired) electrons. The van der Waals surface area contributed by atoms with E-state index in [1.54, 1.807) is 11.3 Å². The summed E-state index contributed by atoms with van der Waals surface area (Å²) in [6.45, 7) is 6.49. The summed E-state index contributed by atoms with van der Waals surface area (Å²) in [6, 6.07) is 3.91. The topological polar surface area (TPSA) is 61.4 Å². The van der Waals surface area contributed by atoms with E-state index in [0.29, 0.717) is 6.54 Å². The van der Waals surface area contributed by atoms with E-state index in [2.05, 4.69) is 23.6 Å². The third-order valence-corrected chi connectivity index (χ3v) is 4.28. The van der Waals surface area contributed by atoms with Crippen LogP contribution in [0, 0.1) is 0 Å². The lowest BCUT2D eigenvalue weighted by Gasteiger charge is -2.28. The summed E-state index contributed by atoms with van der Waals surface area (Å²) in [6.07, 6.45) is 2.70. The third-order valence-electron chi connectivity index (χ3n) is 3.06. The van der Waals surface area contributed by atoms with E-state index < -0.39 is 5.54 Å². The van der Waals surface area contributed by atoms with E-state index in [9.17, 15) is 9.90 Å². The van der Waals surface area contributed by atoms with Crippen LogP contribution in [0.5, 0.6) is 0 Å². The van der Waals surface area contributed by atoms with Crippen molar-refractivity contribution >= 4 is 17.4 Å². The van der Waals surface area contributed by atoms with Crippen LogP contribution in [0.3, 0.4) is 0 Å². The van der Waals surface area contributed by atoms with Crippen LogP contribution in [0.1, 0.15) is 43.4 Å². The lowest BCUT2D eigenvalue weighted by Crippen LogP contribution is -2.52. The number of carbonyl (C=O) groups is 1. The molecule has 0 aliphatic rings. The predicted molar refractivity (Wildman–Crippen MR) is 79.5 cm³/mol. The molecule has 0 spiro atoms. The fourth-order valence-electron chi connectivity index (χ4n) is 1.93. The number of amides is 2. The largest absolute Gasteiger partial charge is 0.394 e. The first-order chi connectivity index (χ1) is 9.03. The Bertz CT molecular complexity index is 406. The first-order valence-electron chi connectivity index (χ1n) is 6.77. The molecular weight excluding hydrogens is 260 g/mol. The number of hydrogen-bond acceptors (Lipinski definition) is 3. The summed E-state index contributed by atoms with van der Waals surface area (Å²) < 4.78 is 0. The van der Waals surface area contributed by atoms with E-state index in [-0.39, 0.29) is 12.6 Å². The molecule has 1 rings (SSSR count). The molecule has 0 saturated heterocycles. The second kappa shape index (κ2) is 7.50. The van der Waals surface area contributed by atoms with Crippen LogP contribution in [0.2, 0.25) is 0 Å². The van der Waals surface area contributed by atoms with Gasteiger partial charge in [0.15, 0.2) is 0 Å². The fourth-order valence-corrected chi connectivity index (χ4v) is 2.82. The van der Waals surface area contributed by atoms with Crippen molar-refractivity contribution in [2.24, 2.45) is 0 Å². The highest BCUT2D eigenvalue weighted by Gasteiger charge is 2.24. The van der Waals surface area contributed by atoms with Gasteiger partial charge in [-0.15, -0.1) is 11.3 Å². The smallest absolute Gasteiger partial charge is 0.315 e. The van der Waals surface area contributed by atoms with Gasteiger partial charge in [0.1, 0.15) is 0 Å². The Kier molecular flexibility index (Phi) is 6.31. The first kappa shape index (κ1) is 16.0. The Labute approximate surface area is 119 Å². The van der Waals surface area contributed by atoms with Crippen LogP contribution in [0.15, 0.2) is 12.1 Å². The lowest BCUT2D eigenvalue weighted by molar-refractivity contribution is 0.163. The van der Waals surface area contributed by atoms with Gasteiger partial charge in [-0.2, -0.15) is 0 Å². The normalized spacial score (nSPS) is 13.9. The van der Waals surface area contributed by atoms with Gasteiger partial charge in [0.05, 0.1) is 18.7 Å². The summed E-state index contributed by atoms with van der Waals surface area (Å²) in [5.74, 6) is 0. The molecule has 2 amide bonds. The molecule has 4 nitrogen and oxygen atoms in total. The molecule has 0 aliphatic carbocycles. The Morgan fingerprint density at radius 3 is 2.58 bits per heavy atom. The van der Waals surface area contributed by atoms with Gasteiger partial charge >= 0.3 is 6.03 Å². The number of urea groups is 1. The van der Waals surface area contributed by atoms with Gasteiger partial charge in [0.25, 0.3) is 0 Å². The Hall–Kier alpha value is -1.07. The summed E-state index contributed by atoms with van der Waals surface area (Å²) >= 11 is 1.72. The molecule has 0 bridgehead atoms. The van der Waals surface area contributed by atoms with Crippen molar-refractivity contribution in [1.82, 2.24) is 10.6 Å². The summed E-state index contributed by atoms with van der Waals surface area (Å²) in [7, 11) is 0. The molecule has 1 aromatic heterocycles. The zero-order valence-electron chi connectivity index (χ0n) is 12.0.